The predicted molar refractivity (Wildman–Crippen MR) is 114 cm³/mol. The summed E-state index contributed by atoms with van der Waals surface area (Å²) in [6.07, 6.45) is 9.28. The van der Waals surface area contributed by atoms with Crippen LogP contribution in [0.2, 0.25) is 0 Å². The first-order valence-electron chi connectivity index (χ1n) is 11.5. The summed E-state index contributed by atoms with van der Waals surface area (Å²) in [5.74, 6) is 0.170. The number of rotatable bonds is 2. The zero-order valence-electron chi connectivity index (χ0n) is 17.2. The van der Waals surface area contributed by atoms with E-state index < -0.39 is 0 Å². The van der Waals surface area contributed by atoms with Crippen molar-refractivity contribution < 1.29 is 9.59 Å². The summed E-state index contributed by atoms with van der Waals surface area (Å²) in [5.41, 5.74) is 2.55. The van der Waals surface area contributed by atoms with Crippen molar-refractivity contribution in [2.24, 2.45) is 0 Å². The third-order valence-corrected chi connectivity index (χ3v) is 7.27. The highest BCUT2D eigenvalue weighted by atomic mass is 16.2. The fourth-order valence-electron chi connectivity index (χ4n) is 5.63. The van der Waals surface area contributed by atoms with E-state index in [-0.39, 0.29) is 17.9 Å². The molecule has 0 unspecified atom stereocenters. The Morgan fingerprint density at radius 3 is 2.45 bits per heavy atom. The molecule has 1 aromatic rings. The van der Waals surface area contributed by atoms with Gasteiger partial charge in [-0.2, -0.15) is 0 Å². The average Bonchev–Trinajstić information content (AvgIpc) is 2.79. The molecule has 5 rings (SSSR count). The maximum absolute atomic E-state index is 13.1. The van der Waals surface area contributed by atoms with Crippen LogP contribution in [0.4, 0.5) is 11.4 Å². The minimum atomic E-state index is -0.0494. The lowest BCUT2D eigenvalue weighted by atomic mass is 9.96. The minimum Gasteiger partial charge on any atom is -0.358 e. The van der Waals surface area contributed by atoms with E-state index in [4.69, 9.17) is 0 Å². The highest BCUT2D eigenvalue weighted by molar-refractivity contribution is 6.05. The van der Waals surface area contributed by atoms with Crippen molar-refractivity contribution in [3.8, 4) is 0 Å². The molecule has 4 aliphatic rings. The van der Waals surface area contributed by atoms with Gasteiger partial charge in [0.2, 0.25) is 5.91 Å². The monoisotopic (exact) mass is 396 g/mol. The molecule has 6 nitrogen and oxygen atoms in total. The highest BCUT2D eigenvalue weighted by Gasteiger charge is 2.35. The Morgan fingerprint density at radius 2 is 1.66 bits per heavy atom. The summed E-state index contributed by atoms with van der Waals surface area (Å²) in [5, 5.41) is 3.05. The molecule has 0 aliphatic carbocycles. The van der Waals surface area contributed by atoms with E-state index in [9.17, 15) is 9.59 Å². The van der Waals surface area contributed by atoms with Gasteiger partial charge in [0, 0.05) is 31.2 Å². The number of hydrogen-bond acceptors (Lipinski definition) is 4. The van der Waals surface area contributed by atoms with Crippen molar-refractivity contribution in [3.63, 3.8) is 0 Å². The van der Waals surface area contributed by atoms with Crippen molar-refractivity contribution in [3.05, 3.63) is 23.8 Å². The molecule has 4 heterocycles. The Labute approximate surface area is 173 Å². The van der Waals surface area contributed by atoms with Gasteiger partial charge in [0.05, 0.1) is 11.4 Å². The molecule has 1 aromatic carbocycles. The van der Waals surface area contributed by atoms with Crippen LogP contribution in [-0.4, -0.2) is 66.4 Å². The fraction of sp³-hybridized carbons (Fsp3) is 0.652. The van der Waals surface area contributed by atoms with Crippen LogP contribution in [0.5, 0.6) is 0 Å². The van der Waals surface area contributed by atoms with Crippen LogP contribution in [0.1, 0.15) is 61.7 Å². The van der Waals surface area contributed by atoms with Crippen LogP contribution in [0.3, 0.4) is 0 Å². The molecule has 0 spiro atoms. The maximum atomic E-state index is 13.1. The lowest BCUT2D eigenvalue weighted by molar-refractivity contribution is -0.118. The van der Waals surface area contributed by atoms with Crippen molar-refractivity contribution in [2.45, 2.75) is 63.5 Å². The molecular weight excluding hydrogens is 364 g/mol. The lowest BCUT2D eigenvalue weighted by Gasteiger charge is -2.41. The molecule has 0 saturated carbocycles. The third-order valence-electron chi connectivity index (χ3n) is 7.27. The molecule has 6 heteroatoms. The van der Waals surface area contributed by atoms with Gasteiger partial charge >= 0.3 is 0 Å². The Balaban J connectivity index is 1.26. The van der Waals surface area contributed by atoms with E-state index in [1.165, 1.54) is 32.4 Å². The van der Waals surface area contributed by atoms with Crippen LogP contribution in [-0.2, 0) is 4.79 Å². The summed E-state index contributed by atoms with van der Waals surface area (Å²) in [6.45, 7) is 5.03. The second kappa shape index (κ2) is 7.98. The van der Waals surface area contributed by atoms with Gasteiger partial charge in [0.25, 0.3) is 5.91 Å². The number of nitrogens with one attached hydrogen (secondary N) is 1. The molecule has 4 aliphatic heterocycles. The smallest absolute Gasteiger partial charge is 0.253 e. The molecule has 0 aromatic heterocycles. The zero-order chi connectivity index (χ0) is 19.8. The normalized spacial score (nSPS) is 25.9. The van der Waals surface area contributed by atoms with Gasteiger partial charge in [-0.05, 0) is 76.2 Å². The Kier molecular flexibility index (Phi) is 5.20. The van der Waals surface area contributed by atoms with Gasteiger partial charge in [0.1, 0.15) is 6.04 Å². The average molecular weight is 397 g/mol. The topological polar surface area (TPSA) is 55.9 Å². The van der Waals surface area contributed by atoms with Gasteiger partial charge in [-0.15, -0.1) is 0 Å². The van der Waals surface area contributed by atoms with E-state index in [0.717, 1.165) is 63.1 Å². The number of likely N-dealkylation sites (tertiary alicyclic amines) is 2. The zero-order valence-corrected chi connectivity index (χ0v) is 17.2. The number of amides is 2. The Bertz CT molecular complexity index is 781. The van der Waals surface area contributed by atoms with E-state index in [0.29, 0.717) is 11.6 Å². The summed E-state index contributed by atoms with van der Waals surface area (Å²) in [4.78, 5) is 32.5. The van der Waals surface area contributed by atoms with E-state index in [1.54, 1.807) is 0 Å². The van der Waals surface area contributed by atoms with Crippen LogP contribution in [0.15, 0.2) is 18.2 Å². The summed E-state index contributed by atoms with van der Waals surface area (Å²) < 4.78 is 0. The van der Waals surface area contributed by atoms with Crippen molar-refractivity contribution >= 4 is 23.2 Å². The number of anilines is 2. The number of nitrogens with zero attached hydrogens (tertiary/aromatic N) is 3. The second-order valence-electron chi connectivity index (χ2n) is 9.05. The number of fused-ring (bicyclic) bond motifs is 3. The summed E-state index contributed by atoms with van der Waals surface area (Å²) in [7, 11) is 0. The molecule has 3 saturated heterocycles. The fourth-order valence-corrected chi connectivity index (χ4v) is 5.63. The molecule has 0 radical (unpaired) electrons. The quantitative estimate of drug-likeness (QED) is 0.835. The van der Waals surface area contributed by atoms with Gasteiger partial charge in [-0.25, -0.2) is 0 Å². The van der Waals surface area contributed by atoms with Crippen LogP contribution in [0.25, 0.3) is 0 Å². The predicted octanol–water partition coefficient (Wildman–Crippen LogP) is 3.09. The molecule has 1 atom stereocenters. The summed E-state index contributed by atoms with van der Waals surface area (Å²) >= 11 is 0. The van der Waals surface area contributed by atoms with Gasteiger partial charge < -0.3 is 20.0 Å². The van der Waals surface area contributed by atoms with Crippen molar-refractivity contribution in [2.75, 3.05) is 42.9 Å². The van der Waals surface area contributed by atoms with E-state index >= 15 is 0 Å². The van der Waals surface area contributed by atoms with Gasteiger partial charge in [0.15, 0.2) is 0 Å². The highest BCUT2D eigenvalue weighted by Crippen LogP contribution is 2.36. The van der Waals surface area contributed by atoms with Gasteiger partial charge in [-0.3, -0.25) is 9.59 Å². The Morgan fingerprint density at radius 1 is 0.897 bits per heavy atom. The summed E-state index contributed by atoms with van der Waals surface area (Å²) in [6, 6.07) is 6.45. The second-order valence-corrected chi connectivity index (χ2v) is 9.05. The standard InChI is InChI=1S/C23H32N4O2/c28-22-21-6-2-5-13-27(21)20-8-7-17(16-19(20)24-22)23(29)26-14-9-18(10-15-26)25-11-3-1-4-12-25/h7-8,16,18,21H,1-6,9-15H2,(H,24,28)/t21-/m0/s1. The molecule has 3 fully saturated rings. The number of carbonyl (C=O) groups excluding carboxylic acids is 2. The first-order valence-corrected chi connectivity index (χ1v) is 11.5. The number of carbonyl (C=O) groups is 2. The van der Waals surface area contributed by atoms with Crippen molar-refractivity contribution in [1.29, 1.82) is 0 Å². The molecule has 156 valence electrons. The van der Waals surface area contributed by atoms with Crippen LogP contribution < -0.4 is 10.2 Å². The SMILES string of the molecule is O=C1Nc2cc(C(=O)N3CCC(N4CCCCC4)CC3)ccc2N2CCCC[C@@H]12. The first kappa shape index (κ1) is 18.9. The maximum Gasteiger partial charge on any atom is 0.253 e. The first-order chi connectivity index (χ1) is 14.2. The largest absolute Gasteiger partial charge is 0.358 e. The number of benzene rings is 1. The molecule has 0 bridgehead atoms. The van der Waals surface area contributed by atoms with E-state index in [2.05, 4.69) is 15.1 Å². The van der Waals surface area contributed by atoms with Crippen LogP contribution in [0, 0.1) is 0 Å². The molecule has 29 heavy (non-hydrogen) atoms. The molecular formula is C23H32N4O2. The van der Waals surface area contributed by atoms with Gasteiger partial charge in [-0.1, -0.05) is 6.42 Å². The minimum absolute atomic E-state index is 0.0494. The number of piperidine rings is 3. The van der Waals surface area contributed by atoms with Crippen molar-refractivity contribution in [1.82, 2.24) is 9.80 Å². The third kappa shape index (κ3) is 3.63. The Hall–Kier alpha value is -2.08. The van der Waals surface area contributed by atoms with Crippen LogP contribution >= 0.6 is 0 Å². The molecule has 1 N–H and O–H groups in total. The lowest BCUT2D eigenvalue weighted by Crippen LogP contribution is -2.50. The van der Waals surface area contributed by atoms with E-state index in [1.807, 2.05) is 23.1 Å². The molecule has 2 amide bonds. The number of hydrogen-bond donors (Lipinski definition) is 1.